The topological polar surface area (TPSA) is 37.8 Å². The van der Waals surface area contributed by atoms with Crippen LogP contribution in [0.25, 0.3) is 22.0 Å². The zero-order valence-corrected chi connectivity index (χ0v) is 11.0. The van der Waals surface area contributed by atoms with Crippen LogP contribution in [0, 0.1) is 6.92 Å². The first-order valence-electron chi connectivity index (χ1n) is 6.28. The zero-order chi connectivity index (χ0) is 13.2. The standard InChI is InChI=1S/C16H15N3/c1-11-3-4-13-10-14(6-5-12(13)9-11)15-7-8-18-16(17-2)19-15/h3-10H,1-2H3,(H,17,18,19). The second kappa shape index (κ2) is 4.69. The average molecular weight is 249 g/mol. The van der Waals surface area contributed by atoms with Crippen molar-refractivity contribution in [2.75, 3.05) is 12.4 Å². The van der Waals surface area contributed by atoms with Gasteiger partial charge in [0.15, 0.2) is 0 Å². The van der Waals surface area contributed by atoms with Crippen LogP contribution < -0.4 is 5.32 Å². The molecule has 0 saturated carbocycles. The Morgan fingerprint density at radius 2 is 1.74 bits per heavy atom. The summed E-state index contributed by atoms with van der Waals surface area (Å²) in [7, 11) is 1.82. The van der Waals surface area contributed by atoms with Gasteiger partial charge in [-0.25, -0.2) is 9.97 Å². The Bertz CT molecular complexity index is 735. The molecule has 1 N–H and O–H groups in total. The molecule has 0 saturated heterocycles. The molecule has 2 aromatic carbocycles. The molecule has 3 heteroatoms. The molecule has 3 aromatic rings. The van der Waals surface area contributed by atoms with Crippen molar-refractivity contribution in [1.82, 2.24) is 9.97 Å². The van der Waals surface area contributed by atoms with Crippen LogP contribution in [0.3, 0.4) is 0 Å². The third kappa shape index (κ3) is 2.27. The lowest BCUT2D eigenvalue weighted by molar-refractivity contribution is 1.15. The summed E-state index contributed by atoms with van der Waals surface area (Å²) in [6.07, 6.45) is 1.77. The van der Waals surface area contributed by atoms with Crippen molar-refractivity contribution < 1.29 is 0 Å². The van der Waals surface area contributed by atoms with Crippen molar-refractivity contribution in [2.45, 2.75) is 6.92 Å². The molecule has 0 atom stereocenters. The van der Waals surface area contributed by atoms with Gasteiger partial charge in [-0.2, -0.15) is 0 Å². The molecule has 3 nitrogen and oxygen atoms in total. The smallest absolute Gasteiger partial charge is 0.222 e. The first kappa shape index (κ1) is 11.7. The summed E-state index contributed by atoms with van der Waals surface area (Å²) in [5.41, 5.74) is 3.32. The van der Waals surface area contributed by atoms with Crippen LogP contribution in [0.4, 0.5) is 5.95 Å². The molecule has 0 aliphatic carbocycles. The minimum Gasteiger partial charge on any atom is -0.357 e. The average Bonchev–Trinajstić information content (AvgIpc) is 2.46. The highest BCUT2D eigenvalue weighted by Crippen LogP contribution is 2.24. The van der Waals surface area contributed by atoms with Gasteiger partial charge in [-0.1, -0.05) is 35.9 Å². The molecule has 3 rings (SSSR count). The largest absolute Gasteiger partial charge is 0.357 e. The second-order valence-electron chi connectivity index (χ2n) is 4.58. The minimum atomic E-state index is 0.640. The maximum Gasteiger partial charge on any atom is 0.222 e. The van der Waals surface area contributed by atoms with Gasteiger partial charge in [-0.05, 0) is 29.8 Å². The number of benzene rings is 2. The molecule has 0 unspecified atom stereocenters. The van der Waals surface area contributed by atoms with Gasteiger partial charge in [0.25, 0.3) is 0 Å². The maximum atomic E-state index is 4.46. The SMILES string of the molecule is CNc1nccc(-c2ccc3cc(C)ccc3c2)n1. The van der Waals surface area contributed by atoms with Crippen molar-refractivity contribution in [3.8, 4) is 11.3 Å². The molecule has 19 heavy (non-hydrogen) atoms. The van der Waals surface area contributed by atoms with E-state index in [1.807, 2.05) is 13.1 Å². The fraction of sp³-hybridized carbons (Fsp3) is 0.125. The van der Waals surface area contributed by atoms with Crippen LogP contribution in [0.2, 0.25) is 0 Å². The van der Waals surface area contributed by atoms with Gasteiger partial charge in [-0.3, -0.25) is 0 Å². The van der Waals surface area contributed by atoms with Crippen LogP contribution in [-0.4, -0.2) is 17.0 Å². The van der Waals surface area contributed by atoms with Gasteiger partial charge in [0.2, 0.25) is 5.95 Å². The van der Waals surface area contributed by atoms with Crippen LogP contribution in [0.5, 0.6) is 0 Å². The van der Waals surface area contributed by atoms with E-state index < -0.39 is 0 Å². The van der Waals surface area contributed by atoms with Gasteiger partial charge >= 0.3 is 0 Å². The molecule has 94 valence electrons. The molecule has 0 radical (unpaired) electrons. The summed E-state index contributed by atoms with van der Waals surface area (Å²) < 4.78 is 0. The Kier molecular flexibility index (Phi) is 2.88. The second-order valence-corrected chi connectivity index (χ2v) is 4.58. The third-order valence-corrected chi connectivity index (χ3v) is 3.17. The highest BCUT2D eigenvalue weighted by atomic mass is 15.1. The van der Waals surface area contributed by atoms with E-state index in [2.05, 4.69) is 58.6 Å². The van der Waals surface area contributed by atoms with E-state index in [1.54, 1.807) is 6.20 Å². The zero-order valence-electron chi connectivity index (χ0n) is 11.0. The van der Waals surface area contributed by atoms with E-state index in [-0.39, 0.29) is 0 Å². The Balaban J connectivity index is 2.12. The normalized spacial score (nSPS) is 10.6. The Labute approximate surface area is 112 Å². The number of hydrogen-bond donors (Lipinski definition) is 1. The van der Waals surface area contributed by atoms with Gasteiger partial charge in [-0.15, -0.1) is 0 Å². The van der Waals surface area contributed by atoms with E-state index in [4.69, 9.17) is 0 Å². The number of aromatic nitrogens is 2. The fourth-order valence-corrected chi connectivity index (χ4v) is 2.16. The highest BCUT2D eigenvalue weighted by molar-refractivity contribution is 5.87. The summed E-state index contributed by atoms with van der Waals surface area (Å²) in [4.78, 5) is 8.60. The quantitative estimate of drug-likeness (QED) is 0.753. The Morgan fingerprint density at radius 1 is 0.947 bits per heavy atom. The van der Waals surface area contributed by atoms with Gasteiger partial charge in [0, 0.05) is 18.8 Å². The van der Waals surface area contributed by atoms with Crippen LogP contribution in [-0.2, 0) is 0 Å². The van der Waals surface area contributed by atoms with Crippen molar-refractivity contribution in [3.63, 3.8) is 0 Å². The number of rotatable bonds is 2. The Hall–Kier alpha value is -2.42. The number of aryl methyl sites for hydroxylation is 1. The van der Waals surface area contributed by atoms with Gasteiger partial charge < -0.3 is 5.32 Å². The van der Waals surface area contributed by atoms with Gasteiger partial charge in [0.05, 0.1) is 5.69 Å². The molecular weight excluding hydrogens is 234 g/mol. The van der Waals surface area contributed by atoms with Crippen molar-refractivity contribution in [2.24, 2.45) is 0 Å². The van der Waals surface area contributed by atoms with E-state index in [0.717, 1.165) is 11.3 Å². The Morgan fingerprint density at radius 3 is 2.58 bits per heavy atom. The van der Waals surface area contributed by atoms with Crippen molar-refractivity contribution in [1.29, 1.82) is 0 Å². The summed E-state index contributed by atoms with van der Waals surface area (Å²) in [6.45, 7) is 2.11. The summed E-state index contributed by atoms with van der Waals surface area (Å²) >= 11 is 0. The molecule has 0 fully saturated rings. The fourth-order valence-electron chi connectivity index (χ4n) is 2.16. The molecule has 1 heterocycles. The molecule has 0 amide bonds. The summed E-state index contributed by atoms with van der Waals surface area (Å²) in [6, 6.07) is 14.8. The van der Waals surface area contributed by atoms with Crippen LogP contribution >= 0.6 is 0 Å². The maximum absolute atomic E-state index is 4.46. The van der Waals surface area contributed by atoms with E-state index in [1.165, 1.54) is 16.3 Å². The summed E-state index contributed by atoms with van der Waals surface area (Å²) in [5, 5.41) is 5.45. The number of anilines is 1. The van der Waals surface area contributed by atoms with Gasteiger partial charge in [0.1, 0.15) is 0 Å². The lowest BCUT2D eigenvalue weighted by Gasteiger charge is -2.05. The van der Waals surface area contributed by atoms with E-state index in [0.29, 0.717) is 5.95 Å². The van der Waals surface area contributed by atoms with Crippen molar-refractivity contribution >= 4 is 16.7 Å². The minimum absolute atomic E-state index is 0.640. The molecular formula is C16H15N3. The number of fused-ring (bicyclic) bond motifs is 1. The first-order valence-corrected chi connectivity index (χ1v) is 6.28. The third-order valence-electron chi connectivity index (χ3n) is 3.17. The lowest BCUT2D eigenvalue weighted by atomic mass is 10.0. The first-order chi connectivity index (χ1) is 9.26. The molecule has 1 aromatic heterocycles. The van der Waals surface area contributed by atoms with Crippen LogP contribution in [0.1, 0.15) is 5.56 Å². The predicted molar refractivity (Wildman–Crippen MR) is 79.3 cm³/mol. The van der Waals surface area contributed by atoms with Crippen molar-refractivity contribution in [3.05, 3.63) is 54.2 Å². The number of nitrogens with one attached hydrogen (secondary N) is 1. The number of nitrogens with zero attached hydrogens (tertiary/aromatic N) is 2. The predicted octanol–water partition coefficient (Wildman–Crippen LogP) is 3.65. The van der Waals surface area contributed by atoms with E-state index >= 15 is 0 Å². The molecule has 0 aliphatic rings. The van der Waals surface area contributed by atoms with Crippen LogP contribution in [0.15, 0.2) is 48.7 Å². The monoisotopic (exact) mass is 249 g/mol. The lowest BCUT2D eigenvalue weighted by Crippen LogP contribution is -1.96. The highest BCUT2D eigenvalue weighted by Gasteiger charge is 2.03. The number of hydrogen-bond acceptors (Lipinski definition) is 3. The molecule has 0 aliphatic heterocycles. The summed E-state index contributed by atoms with van der Waals surface area (Å²) in [5.74, 6) is 0.640. The molecule has 0 bridgehead atoms. The molecule has 0 spiro atoms. The van der Waals surface area contributed by atoms with E-state index in [9.17, 15) is 0 Å².